The van der Waals surface area contributed by atoms with Crippen LogP contribution in [-0.4, -0.2) is 39.6 Å². The zero-order valence-electron chi connectivity index (χ0n) is 15.3. The number of hydrogen-bond donors (Lipinski definition) is 1. The van der Waals surface area contributed by atoms with E-state index in [-0.39, 0.29) is 9.79 Å². The van der Waals surface area contributed by atoms with Crippen LogP contribution in [0, 0.1) is 0 Å². The molecule has 2 aromatic carbocycles. The van der Waals surface area contributed by atoms with Crippen LogP contribution >= 0.6 is 11.6 Å². The second-order valence-corrected chi connectivity index (χ2v) is 9.35. The molecule has 1 unspecified atom stereocenters. The fourth-order valence-corrected chi connectivity index (χ4v) is 5.05. The van der Waals surface area contributed by atoms with E-state index in [2.05, 4.69) is 4.98 Å². The number of pyridine rings is 1. The first kappa shape index (κ1) is 20.9. The van der Waals surface area contributed by atoms with E-state index < -0.39 is 21.1 Å². The zero-order valence-corrected chi connectivity index (χ0v) is 17.7. The van der Waals surface area contributed by atoms with Gasteiger partial charge in [0.2, 0.25) is 10.0 Å². The van der Waals surface area contributed by atoms with Gasteiger partial charge < -0.3 is 4.55 Å². The molecule has 1 aromatic heterocycles. The molecule has 6 nitrogen and oxygen atoms in total. The topological polar surface area (TPSA) is 87.6 Å². The lowest BCUT2D eigenvalue weighted by molar-refractivity contribution is 0.445. The van der Waals surface area contributed by atoms with Gasteiger partial charge in [0.1, 0.15) is 0 Å². The van der Waals surface area contributed by atoms with Crippen molar-refractivity contribution in [3.05, 3.63) is 53.6 Å². The predicted molar refractivity (Wildman–Crippen MR) is 111 cm³/mol. The number of benzene rings is 2. The summed E-state index contributed by atoms with van der Waals surface area (Å²) in [5, 5.41) is 0.971. The van der Waals surface area contributed by atoms with Crippen LogP contribution in [0.3, 0.4) is 0 Å². The normalized spacial score (nSPS) is 13.2. The van der Waals surface area contributed by atoms with Crippen molar-refractivity contribution in [1.29, 1.82) is 0 Å². The van der Waals surface area contributed by atoms with Crippen LogP contribution in [0.25, 0.3) is 22.2 Å². The Balaban J connectivity index is 2.01. The van der Waals surface area contributed by atoms with Crippen molar-refractivity contribution in [1.82, 2.24) is 9.29 Å². The van der Waals surface area contributed by atoms with Gasteiger partial charge in [-0.25, -0.2) is 17.6 Å². The van der Waals surface area contributed by atoms with Crippen molar-refractivity contribution in [2.45, 2.75) is 23.6 Å². The van der Waals surface area contributed by atoms with E-state index in [1.54, 1.807) is 50.2 Å². The number of hydrogen-bond acceptors (Lipinski definition) is 4. The first-order chi connectivity index (χ1) is 13.3. The molecule has 148 valence electrons. The molecule has 0 aliphatic heterocycles. The maximum Gasteiger partial charge on any atom is 0.243 e. The number of aromatic nitrogens is 1. The van der Waals surface area contributed by atoms with Gasteiger partial charge in [-0.2, -0.15) is 4.31 Å². The first-order valence-electron chi connectivity index (χ1n) is 8.59. The van der Waals surface area contributed by atoms with Crippen LogP contribution in [0.5, 0.6) is 0 Å². The first-order valence-corrected chi connectivity index (χ1v) is 11.5. The molecule has 3 rings (SSSR count). The Bertz CT molecular complexity index is 1140. The highest BCUT2D eigenvalue weighted by atomic mass is 35.5. The molecule has 1 atom stereocenters. The zero-order chi connectivity index (χ0) is 20.5. The summed E-state index contributed by atoms with van der Waals surface area (Å²) in [5.41, 5.74) is 1.89. The highest BCUT2D eigenvalue weighted by Gasteiger charge is 2.21. The van der Waals surface area contributed by atoms with Gasteiger partial charge >= 0.3 is 0 Å². The Morgan fingerprint density at radius 2 is 1.71 bits per heavy atom. The van der Waals surface area contributed by atoms with Crippen molar-refractivity contribution < 1.29 is 17.2 Å². The predicted octanol–water partition coefficient (Wildman–Crippen LogP) is 4.17. The van der Waals surface area contributed by atoms with Gasteiger partial charge in [0.05, 0.1) is 26.0 Å². The van der Waals surface area contributed by atoms with Gasteiger partial charge in [0, 0.05) is 24.0 Å². The van der Waals surface area contributed by atoms with E-state index in [1.165, 1.54) is 16.4 Å². The molecule has 0 saturated carbocycles. The minimum Gasteiger partial charge on any atom is -0.302 e. The Kier molecular flexibility index (Phi) is 6.16. The van der Waals surface area contributed by atoms with Gasteiger partial charge in [-0.05, 0) is 36.4 Å². The number of sulfonamides is 1. The standard InChI is InChI=1S/C19H19ClN2O4S2/c1-3-22(4-2)28(25,26)15-8-5-13(6-9-15)19-12-17(20)16-11-14(27(23)24)7-10-18(16)21-19/h5-12H,3-4H2,1-2H3,(H,23,24). The summed E-state index contributed by atoms with van der Waals surface area (Å²) >= 11 is 4.25. The molecule has 1 N–H and O–H groups in total. The SMILES string of the molecule is CCN(CC)S(=O)(=O)c1ccc(-c2cc(Cl)c3cc(S(=O)O)ccc3n2)cc1. The highest BCUT2D eigenvalue weighted by Crippen LogP contribution is 2.30. The van der Waals surface area contributed by atoms with Crippen molar-refractivity contribution in [2.75, 3.05) is 13.1 Å². The summed E-state index contributed by atoms with van der Waals surface area (Å²) in [6, 6.07) is 12.8. The Hall–Kier alpha value is -1.84. The van der Waals surface area contributed by atoms with E-state index >= 15 is 0 Å². The van der Waals surface area contributed by atoms with Crippen LogP contribution < -0.4 is 0 Å². The second kappa shape index (κ2) is 8.26. The number of rotatable bonds is 6. The molecule has 9 heteroatoms. The van der Waals surface area contributed by atoms with Crippen LogP contribution in [0.2, 0.25) is 5.02 Å². The lowest BCUT2D eigenvalue weighted by Gasteiger charge is -2.18. The van der Waals surface area contributed by atoms with Crippen LogP contribution in [-0.2, 0) is 21.1 Å². The summed E-state index contributed by atoms with van der Waals surface area (Å²) in [4.78, 5) is 5.01. The summed E-state index contributed by atoms with van der Waals surface area (Å²) in [7, 11) is -3.52. The van der Waals surface area contributed by atoms with Crippen molar-refractivity contribution >= 4 is 43.6 Å². The molecule has 0 aliphatic carbocycles. The molecular weight excluding hydrogens is 420 g/mol. The molecule has 0 amide bonds. The minimum atomic E-state index is -3.52. The summed E-state index contributed by atoms with van der Waals surface area (Å²) < 4.78 is 47.1. The van der Waals surface area contributed by atoms with Crippen LogP contribution in [0.1, 0.15) is 13.8 Å². The van der Waals surface area contributed by atoms with E-state index in [4.69, 9.17) is 11.6 Å². The van der Waals surface area contributed by atoms with Crippen LogP contribution in [0.4, 0.5) is 0 Å². The molecule has 0 saturated heterocycles. The molecule has 0 aliphatic rings. The Morgan fingerprint density at radius 3 is 2.29 bits per heavy atom. The van der Waals surface area contributed by atoms with E-state index in [9.17, 15) is 17.2 Å². The van der Waals surface area contributed by atoms with E-state index in [0.717, 1.165) is 5.56 Å². The van der Waals surface area contributed by atoms with Gasteiger partial charge in [0.25, 0.3) is 0 Å². The van der Waals surface area contributed by atoms with Gasteiger partial charge in [0.15, 0.2) is 11.1 Å². The molecule has 0 radical (unpaired) electrons. The third kappa shape index (κ3) is 3.97. The maximum atomic E-state index is 12.6. The van der Waals surface area contributed by atoms with E-state index in [1.807, 2.05) is 0 Å². The van der Waals surface area contributed by atoms with Gasteiger partial charge in [-0.1, -0.05) is 37.6 Å². The van der Waals surface area contributed by atoms with Crippen molar-refractivity contribution in [3.63, 3.8) is 0 Å². The third-order valence-corrected chi connectivity index (χ3v) is 7.46. The number of nitrogens with zero attached hydrogens (tertiary/aromatic N) is 2. The fourth-order valence-electron chi connectivity index (χ4n) is 2.93. The van der Waals surface area contributed by atoms with Crippen molar-refractivity contribution in [3.8, 4) is 11.3 Å². The number of fused-ring (bicyclic) bond motifs is 1. The Morgan fingerprint density at radius 1 is 1.07 bits per heavy atom. The lowest BCUT2D eigenvalue weighted by Crippen LogP contribution is -2.30. The highest BCUT2D eigenvalue weighted by molar-refractivity contribution is 7.89. The molecule has 0 spiro atoms. The largest absolute Gasteiger partial charge is 0.302 e. The van der Waals surface area contributed by atoms with Gasteiger partial charge in [-0.15, -0.1) is 0 Å². The molecule has 3 aromatic rings. The average molecular weight is 439 g/mol. The molecule has 0 fully saturated rings. The fraction of sp³-hybridized carbons (Fsp3) is 0.211. The Labute approximate surface area is 171 Å². The third-order valence-electron chi connectivity index (χ3n) is 4.42. The summed E-state index contributed by atoms with van der Waals surface area (Å²) in [6.07, 6.45) is 0. The summed E-state index contributed by atoms with van der Waals surface area (Å²) in [5.74, 6) is 0. The molecule has 28 heavy (non-hydrogen) atoms. The monoisotopic (exact) mass is 438 g/mol. The molecule has 0 bridgehead atoms. The molecule has 1 heterocycles. The quantitative estimate of drug-likeness (QED) is 0.583. The smallest absolute Gasteiger partial charge is 0.243 e. The lowest BCUT2D eigenvalue weighted by atomic mass is 10.1. The van der Waals surface area contributed by atoms with E-state index in [0.29, 0.717) is 34.7 Å². The van der Waals surface area contributed by atoms with Crippen molar-refractivity contribution in [2.24, 2.45) is 0 Å². The minimum absolute atomic E-state index is 0.224. The molecular formula is C19H19ClN2O4S2. The number of halogens is 1. The van der Waals surface area contributed by atoms with Gasteiger partial charge in [-0.3, -0.25) is 0 Å². The maximum absolute atomic E-state index is 12.6. The van der Waals surface area contributed by atoms with Crippen LogP contribution in [0.15, 0.2) is 58.3 Å². The average Bonchev–Trinajstić information content (AvgIpc) is 2.68. The second-order valence-electron chi connectivity index (χ2n) is 6.03. The summed E-state index contributed by atoms with van der Waals surface area (Å²) in [6.45, 7) is 4.41.